The Bertz CT molecular complexity index is 345. The van der Waals surface area contributed by atoms with Crippen molar-refractivity contribution in [2.45, 2.75) is 65.2 Å². The summed E-state index contributed by atoms with van der Waals surface area (Å²) < 4.78 is 9.95. The molecule has 0 saturated heterocycles. The van der Waals surface area contributed by atoms with Gasteiger partial charge < -0.3 is 9.47 Å². The molecule has 4 heteroatoms. The van der Waals surface area contributed by atoms with E-state index in [1.54, 1.807) is 0 Å². The summed E-state index contributed by atoms with van der Waals surface area (Å²) in [4.78, 5) is 22.7. The van der Waals surface area contributed by atoms with Crippen LogP contribution in [0.2, 0.25) is 0 Å². The second kappa shape index (κ2) is 15.8. The lowest BCUT2D eigenvalue weighted by Gasteiger charge is -2.02. The minimum absolute atomic E-state index is 0.326. The normalized spacial score (nSPS) is 11.2. The molecule has 0 spiro atoms. The minimum atomic E-state index is -0.513. The van der Waals surface area contributed by atoms with Crippen LogP contribution in [0.3, 0.4) is 0 Å². The van der Waals surface area contributed by atoms with Gasteiger partial charge in [0.15, 0.2) is 0 Å². The molecule has 0 aliphatic heterocycles. The Kier molecular flexibility index (Phi) is 14.7. The third kappa shape index (κ3) is 14.8. The molecular formula is C18H30O4. The van der Waals surface area contributed by atoms with Crippen molar-refractivity contribution in [2.24, 2.45) is 0 Å². The second-order valence-corrected chi connectivity index (χ2v) is 5.10. The maximum absolute atomic E-state index is 11.4. The quantitative estimate of drug-likeness (QED) is 0.220. The zero-order valence-corrected chi connectivity index (χ0v) is 14.0. The molecule has 0 atom stereocenters. The van der Waals surface area contributed by atoms with Crippen LogP contribution >= 0.6 is 0 Å². The summed E-state index contributed by atoms with van der Waals surface area (Å²) in [5.41, 5.74) is 0. The Labute approximate surface area is 134 Å². The molecule has 126 valence electrons. The first kappa shape index (κ1) is 20.4. The molecule has 0 aliphatic rings. The van der Waals surface area contributed by atoms with Crippen molar-refractivity contribution >= 4 is 11.9 Å². The summed E-state index contributed by atoms with van der Waals surface area (Å²) >= 11 is 0. The monoisotopic (exact) mass is 310 g/mol. The second-order valence-electron chi connectivity index (χ2n) is 5.10. The van der Waals surface area contributed by atoms with Crippen molar-refractivity contribution < 1.29 is 19.1 Å². The fraction of sp³-hybridized carbons (Fsp3) is 0.667. The predicted octanol–water partition coefficient (Wildman–Crippen LogP) is 4.35. The van der Waals surface area contributed by atoms with Crippen molar-refractivity contribution in [3.05, 3.63) is 24.3 Å². The van der Waals surface area contributed by atoms with Crippen molar-refractivity contribution in [3.63, 3.8) is 0 Å². The van der Waals surface area contributed by atoms with Gasteiger partial charge in [-0.25, -0.2) is 9.59 Å². The number of carbonyl (C=O) groups is 2. The molecule has 0 saturated carbocycles. The largest absolute Gasteiger partial charge is 0.463 e. The standard InChI is InChI=1S/C18H30O4/c1-3-5-7-9-10-12-16-22-18(20)14-13-17(19)21-15-11-8-6-4-2/h6,8,13-14H,3-5,7,9-12,15-16H2,1-2H3/b8-6-,14-13+. The maximum Gasteiger partial charge on any atom is 0.331 e. The lowest BCUT2D eigenvalue weighted by atomic mass is 10.1. The van der Waals surface area contributed by atoms with Gasteiger partial charge in [0.25, 0.3) is 0 Å². The summed E-state index contributed by atoms with van der Waals surface area (Å²) in [6.45, 7) is 4.96. The first-order chi connectivity index (χ1) is 10.7. The highest BCUT2D eigenvalue weighted by Gasteiger charge is 2.00. The van der Waals surface area contributed by atoms with Crippen LogP contribution in [-0.2, 0) is 19.1 Å². The maximum atomic E-state index is 11.4. The molecule has 0 aromatic heterocycles. The molecular weight excluding hydrogens is 280 g/mol. The van der Waals surface area contributed by atoms with Gasteiger partial charge in [0.05, 0.1) is 13.2 Å². The Morgan fingerprint density at radius 3 is 2.00 bits per heavy atom. The molecule has 0 aromatic carbocycles. The summed E-state index contributed by atoms with van der Waals surface area (Å²) in [5, 5.41) is 0. The van der Waals surface area contributed by atoms with E-state index in [9.17, 15) is 9.59 Å². The highest BCUT2D eigenvalue weighted by molar-refractivity contribution is 5.91. The van der Waals surface area contributed by atoms with Crippen molar-refractivity contribution in [1.82, 2.24) is 0 Å². The lowest BCUT2D eigenvalue weighted by molar-refractivity contribution is -0.140. The highest BCUT2D eigenvalue weighted by Crippen LogP contribution is 2.04. The number of carbonyl (C=O) groups excluding carboxylic acids is 2. The molecule has 0 amide bonds. The van der Waals surface area contributed by atoms with Crippen molar-refractivity contribution in [3.8, 4) is 0 Å². The molecule has 0 fully saturated rings. The number of ether oxygens (including phenoxy) is 2. The lowest BCUT2D eigenvalue weighted by Crippen LogP contribution is -2.05. The minimum Gasteiger partial charge on any atom is -0.463 e. The third-order valence-corrected chi connectivity index (χ3v) is 3.03. The summed E-state index contributed by atoms with van der Waals surface area (Å²) in [7, 11) is 0. The number of rotatable bonds is 13. The van der Waals surface area contributed by atoms with Gasteiger partial charge in [-0.05, 0) is 19.3 Å². The van der Waals surface area contributed by atoms with Gasteiger partial charge in [-0.15, -0.1) is 0 Å². The van der Waals surface area contributed by atoms with Gasteiger partial charge in [0.2, 0.25) is 0 Å². The fourth-order valence-electron chi connectivity index (χ4n) is 1.80. The van der Waals surface area contributed by atoms with E-state index in [1.165, 1.54) is 25.7 Å². The van der Waals surface area contributed by atoms with Gasteiger partial charge >= 0.3 is 11.9 Å². The van der Waals surface area contributed by atoms with E-state index in [1.807, 2.05) is 19.1 Å². The van der Waals surface area contributed by atoms with E-state index in [0.717, 1.165) is 31.4 Å². The molecule has 0 bridgehead atoms. The molecule has 0 aromatic rings. The predicted molar refractivity (Wildman–Crippen MR) is 88.5 cm³/mol. The van der Waals surface area contributed by atoms with Crippen LogP contribution in [0.5, 0.6) is 0 Å². The first-order valence-electron chi connectivity index (χ1n) is 8.37. The molecule has 0 rings (SSSR count). The van der Waals surface area contributed by atoms with Gasteiger partial charge in [0.1, 0.15) is 0 Å². The molecule has 0 N–H and O–H groups in total. The number of unbranched alkanes of at least 4 members (excludes halogenated alkanes) is 5. The van der Waals surface area contributed by atoms with E-state index in [2.05, 4.69) is 6.92 Å². The number of hydrogen-bond donors (Lipinski definition) is 0. The Balaban J connectivity index is 3.56. The van der Waals surface area contributed by atoms with Crippen LogP contribution < -0.4 is 0 Å². The van der Waals surface area contributed by atoms with Crippen LogP contribution in [-0.4, -0.2) is 25.2 Å². The number of hydrogen-bond acceptors (Lipinski definition) is 4. The van der Waals surface area contributed by atoms with E-state index in [-0.39, 0.29) is 0 Å². The Morgan fingerprint density at radius 2 is 1.36 bits per heavy atom. The van der Waals surface area contributed by atoms with Gasteiger partial charge in [-0.1, -0.05) is 58.1 Å². The van der Waals surface area contributed by atoms with E-state index < -0.39 is 11.9 Å². The van der Waals surface area contributed by atoms with E-state index in [0.29, 0.717) is 19.6 Å². The van der Waals surface area contributed by atoms with Crippen LogP contribution in [0.15, 0.2) is 24.3 Å². The molecule has 22 heavy (non-hydrogen) atoms. The molecule has 0 radical (unpaired) electrons. The van der Waals surface area contributed by atoms with E-state index >= 15 is 0 Å². The van der Waals surface area contributed by atoms with E-state index in [4.69, 9.17) is 9.47 Å². The van der Waals surface area contributed by atoms with Gasteiger partial charge in [0, 0.05) is 12.2 Å². The summed E-state index contributed by atoms with van der Waals surface area (Å²) in [6, 6.07) is 0. The average molecular weight is 310 g/mol. The average Bonchev–Trinajstić information content (AvgIpc) is 2.52. The van der Waals surface area contributed by atoms with Gasteiger partial charge in [-0.3, -0.25) is 0 Å². The zero-order valence-electron chi connectivity index (χ0n) is 14.0. The highest BCUT2D eigenvalue weighted by atomic mass is 16.5. The van der Waals surface area contributed by atoms with Crippen LogP contribution in [0.25, 0.3) is 0 Å². The zero-order chi connectivity index (χ0) is 16.5. The molecule has 4 nitrogen and oxygen atoms in total. The van der Waals surface area contributed by atoms with Crippen molar-refractivity contribution in [2.75, 3.05) is 13.2 Å². The number of esters is 2. The summed E-state index contributed by atoms with van der Waals surface area (Å²) in [5.74, 6) is -1.00. The fourth-order valence-corrected chi connectivity index (χ4v) is 1.80. The third-order valence-electron chi connectivity index (χ3n) is 3.03. The Morgan fingerprint density at radius 1 is 0.773 bits per heavy atom. The SMILES string of the molecule is CC/C=C\CCOC(=O)/C=C/C(=O)OCCCCCCCC. The van der Waals surface area contributed by atoms with Crippen LogP contribution in [0.4, 0.5) is 0 Å². The molecule has 0 unspecified atom stereocenters. The van der Waals surface area contributed by atoms with Gasteiger partial charge in [-0.2, -0.15) is 0 Å². The molecule has 0 heterocycles. The van der Waals surface area contributed by atoms with Crippen LogP contribution in [0.1, 0.15) is 65.2 Å². The van der Waals surface area contributed by atoms with Crippen molar-refractivity contribution in [1.29, 1.82) is 0 Å². The van der Waals surface area contributed by atoms with Crippen LogP contribution in [0, 0.1) is 0 Å². The smallest absolute Gasteiger partial charge is 0.331 e. The Hall–Kier alpha value is -1.58. The first-order valence-corrected chi connectivity index (χ1v) is 8.37. The molecule has 0 aliphatic carbocycles. The topological polar surface area (TPSA) is 52.6 Å². The number of allylic oxidation sites excluding steroid dienone is 1. The summed E-state index contributed by atoms with van der Waals surface area (Å²) in [6.07, 6.45) is 14.7.